The molecule has 0 amide bonds. The molecular formula is C61H38O. The molecule has 1 heteroatoms. The maximum Gasteiger partial charge on any atom is 0.140 e. The summed E-state index contributed by atoms with van der Waals surface area (Å²) >= 11 is 0. The average Bonchev–Trinajstić information content (AvgIpc) is 3.36. The van der Waals surface area contributed by atoms with Crippen LogP contribution >= 0.6 is 0 Å². The van der Waals surface area contributed by atoms with E-state index in [0.717, 1.165) is 22.3 Å². The van der Waals surface area contributed by atoms with Gasteiger partial charge in [0.15, 0.2) is 0 Å². The number of rotatable bonds is 4. The zero-order valence-corrected chi connectivity index (χ0v) is 33.8. The highest BCUT2D eigenvalue weighted by molar-refractivity contribution is 6.22. The maximum atomic E-state index is 7.33. The molecule has 12 aromatic carbocycles. The molecule has 0 radical (unpaired) electrons. The largest absolute Gasteiger partial charge is 0.455 e. The zero-order valence-electron chi connectivity index (χ0n) is 33.8. The van der Waals surface area contributed by atoms with E-state index in [1.807, 2.05) is 0 Å². The Kier molecular flexibility index (Phi) is 7.74. The number of benzene rings is 12. The number of fused-ring (bicyclic) bond motifs is 15. The highest BCUT2D eigenvalue weighted by Crippen LogP contribution is 2.57. The summed E-state index contributed by atoms with van der Waals surface area (Å²) in [6.07, 6.45) is 0. The van der Waals surface area contributed by atoms with E-state index in [4.69, 9.17) is 4.74 Å². The van der Waals surface area contributed by atoms with E-state index in [2.05, 4.69) is 224 Å². The normalized spacial score (nSPS) is 12.6. The van der Waals surface area contributed by atoms with Crippen LogP contribution in [-0.2, 0) is 0 Å². The van der Waals surface area contributed by atoms with Crippen molar-refractivity contribution in [2.45, 2.75) is 5.92 Å². The summed E-state index contributed by atoms with van der Waals surface area (Å²) in [7, 11) is 0. The summed E-state index contributed by atoms with van der Waals surface area (Å²) in [5.74, 6) is 1.82. The molecule has 0 saturated carbocycles. The second-order valence-electron chi connectivity index (χ2n) is 16.6. The Morgan fingerprint density at radius 1 is 0.242 bits per heavy atom. The Bertz CT molecular complexity index is 3630. The van der Waals surface area contributed by atoms with Crippen molar-refractivity contribution in [1.82, 2.24) is 0 Å². The van der Waals surface area contributed by atoms with E-state index < -0.39 is 0 Å². The number of hydrogen-bond acceptors (Lipinski definition) is 1. The van der Waals surface area contributed by atoms with Crippen LogP contribution in [0.3, 0.4) is 0 Å². The van der Waals surface area contributed by atoms with Gasteiger partial charge in [-0.2, -0.15) is 0 Å². The third-order valence-electron chi connectivity index (χ3n) is 13.4. The molecule has 0 N–H and O–H groups in total. The van der Waals surface area contributed by atoms with Gasteiger partial charge in [-0.05, 0) is 98.9 Å². The fourth-order valence-corrected chi connectivity index (χ4v) is 10.7. The highest BCUT2D eigenvalue weighted by Gasteiger charge is 2.35. The molecule has 0 spiro atoms. The van der Waals surface area contributed by atoms with Gasteiger partial charge in [0.25, 0.3) is 0 Å². The third-order valence-corrected chi connectivity index (χ3v) is 13.4. The van der Waals surface area contributed by atoms with Crippen LogP contribution in [0.5, 0.6) is 11.5 Å². The molecule has 1 heterocycles. The molecular weight excluding hydrogens is 749 g/mol. The first-order valence-electron chi connectivity index (χ1n) is 21.5. The van der Waals surface area contributed by atoms with Crippen molar-refractivity contribution < 1.29 is 4.74 Å². The summed E-state index contributed by atoms with van der Waals surface area (Å²) in [6, 6.07) is 82.3. The van der Waals surface area contributed by atoms with Crippen molar-refractivity contribution in [3.05, 3.63) is 241 Å². The van der Waals surface area contributed by atoms with Gasteiger partial charge in [-0.15, -0.1) is 0 Å². The van der Waals surface area contributed by atoms with E-state index in [-0.39, 0.29) is 5.92 Å². The molecule has 0 aliphatic carbocycles. The monoisotopic (exact) mass is 786 g/mol. The molecule has 62 heavy (non-hydrogen) atoms. The van der Waals surface area contributed by atoms with E-state index in [0.29, 0.717) is 0 Å². The molecule has 288 valence electrons. The van der Waals surface area contributed by atoms with Crippen LogP contribution in [0, 0.1) is 0 Å². The van der Waals surface area contributed by atoms with Crippen molar-refractivity contribution >= 4 is 64.6 Å². The van der Waals surface area contributed by atoms with Gasteiger partial charge >= 0.3 is 0 Å². The van der Waals surface area contributed by atoms with Crippen LogP contribution in [0.15, 0.2) is 224 Å². The molecule has 0 bridgehead atoms. The second-order valence-corrected chi connectivity index (χ2v) is 16.6. The molecule has 12 aromatic rings. The van der Waals surface area contributed by atoms with Crippen molar-refractivity contribution in [1.29, 1.82) is 0 Å². The van der Waals surface area contributed by atoms with Gasteiger partial charge in [-0.3, -0.25) is 0 Å². The lowest BCUT2D eigenvalue weighted by Crippen LogP contribution is -2.14. The minimum absolute atomic E-state index is 0.0760. The Morgan fingerprint density at radius 3 is 1.10 bits per heavy atom. The molecule has 1 aliphatic rings. The van der Waals surface area contributed by atoms with Crippen LogP contribution in [0.2, 0.25) is 0 Å². The van der Waals surface area contributed by atoms with E-state index >= 15 is 0 Å². The maximum absolute atomic E-state index is 7.33. The van der Waals surface area contributed by atoms with Crippen LogP contribution in [0.1, 0.15) is 22.6 Å². The molecule has 0 saturated heterocycles. The standard InChI is InChI=1S/C61H38O/c1-3-17-39(18-4-1)55-49-26-12-7-23-45(49)48-36-35-42(37-54(48)56(55)40-19-5-2-6-20-40)38-31-33-41(34-32-38)57-58-50-27-13-8-21-43(50)46-24-10-15-29-52(46)60(58)62-61-53-30-16-11-25-47(53)44-22-9-14-28-51(44)59(57)61/h1-37,57H. The van der Waals surface area contributed by atoms with Gasteiger partial charge in [0.2, 0.25) is 0 Å². The van der Waals surface area contributed by atoms with Crippen molar-refractivity contribution in [2.75, 3.05) is 0 Å². The lowest BCUT2D eigenvalue weighted by molar-refractivity contribution is 0.467. The van der Waals surface area contributed by atoms with Crippen LogP contribution < -0.4 is 4.74 Å². The van der Waals surface area contributed by atoms with Crippen molar-refractivity contribution in [2.24, 2.45) is 0 Å². The predicted octanol–water partition coefficient (Wildman–Crippen LogP) is 16.9. The van der Waals surface area contributed by atoms with Gasteiger partial charge < -0.3 is 4.74 Å². The third kappa shape index (κ3) is 5.15. The minimum atomic E-state index is -0.0760. The average molecular weight is 787 g/mol. The van der Waals surface area contributed by atoms with Crippen molar-refractivity contribution in [3.8, 4) is 44.9 Å². The summed E-state index contributed by atoms with van der Waals surface area (Å²) < 4.78 is 7.33. The molecule has 1 nitrogen and oxygen atoms in total. The Balaban J connectivity index is 1.06. The summed E-state index contributed by atoms with van der Waals surface area (Å²) in [5, 5.41) is 14.7. The molecule has 0 unspecified atom stereocenters. The van der Waals surface area contributed by atoms with Crippen LogP contribution in [-0.4, -0.2) is 0 Å². The first-order chi connectivity index (χ1) is 30.8. The molecule has 0 aromatic heterocycles. The van der Waals surface area contributed by atoms with E-state index in [1.54, 1.807) is 0 Å². The molecule has 13 rings (SSSR count). The SMILES string of the molecule is c1ccc(-c2c(-c3ccccc3)c3cc(-c4ccc(C5c6c(c7ccccc7c7ccccc67)Oc6c5c5ccccc5c5ccccc65)cc4)ccc3c3ccccc23)cc1. The van der Waals surface area contributed by atoms with Crippen LogP contribution in [0.4, 0.5) is 0 Å². The zero-order chi connectivity index (χ0) is 40.7. The number of hydrogen-bond donors (Lipinski definition) is 0. The van der Waals surface area contributed by atoms with Gasteiger partial charge in [0.1, 0.15) is 11.5 Å². The molecule has 1 aliphatic heterocycles. The van der Waals surface area contributed by atoms with Gasteiger partial charge in [0.05, 0.1) is 0 Å². The van der Waals surface area contributed by atoms with E-state index in [1.165, 1.54) is 104 Å². The second kappa shape index (κ2) is 13.8. The summed E-state index contributed by atoms with van der Waals surface area (Å²) in [4.78, 5) is 0. The quantitative estimate of drug-likeness (QED) is 0.161. The molecule has 0 fully saturated rings. The fourth-order valence-electron chi connectivity index (χ4n) is 10.7. The number of ether oxygens (including phenoxy) is 1. The van der Waals surface area contributed by atoms with Gasteiger partial charge in [-0.1, -0.05) is 218 Å². The summed E-state index contributed by atoms with van der Waals surface area (Å²) in [5.41, 5.74) is 11.0. The summed E-state index contributed by atoms with van der Waals surface area (Å²) in [6.45, 7) is 0. The molecule has 0 atom stereocenters. The Morgan fingerprint density at radius 2 is 0.597 bits per heavy atom. The minimum Gasteiger partial charge on any atom is -0.455 e. The van der Waals surface area contributed by atoms with Crippen molar-refractivity contribution in [3.63, 3.8) is 0 Å². The van der Waals surface area contributed by atoms with Gasteiger partial charge in [-0.25, -0.2) is 0 Å². The van der Waals surface area contributed by atoms with E-state index in [9.17, 15) is 0 Å². The first kappa shape index (κ1) is 34.8. The lowest BCUT2D eigenvalue weighted by atomic mass is 9.76. The Hall–Kier alpha value is -8.00. The van der Waals surface area contributed by atoms with Crippen LogP contribution in [0.25, 0.3) is 98.0 Å². The first-order valence-corrected chi connectivity index (χ1v) is 21.5. The lowest BCUT2D eigenvalue weighted by Gasteiger charge is -2.33. The highest BCUT2D eigenvalue weighted by atomic mass is 16.5. The predicted molar refractivity (Wildman–Crippen MR) is 262 cm³/mol. The fraction of sp³-hybridized carbons (Fsp3) is 0.0164. The van der Waals surface area contributed by atoms with Gasteiger partial charge in [0, 0.05) is 27.8 Å². The topological polar surface area (TPSA) is 9.23 Å². The smallest absolute Gasteiger partial charge is 0.140 e. The Labute approximate surface area is 359 Å².